The largest absolute Gasteiger partial charge is 0.307 e. The van der Waals surface area contributed by atoms with Gasteiger partial charge in [0.05, 0.1) is 0 Å². The molecule has 0 atom stereocenters. The van der Waals surface area contributed by atoms with Gasteiger partial charge < -0.3 is 5.32 Å². The van der Waals surface area contributed by atoms with Crippen LogP contribution < -0.4 is 5.32 Å². The van der Waals surface area contributed by atoms with Crippen LogP contribution in [0.5, 0.6) is 0 Å². The molecule has 1 aliphatic heterocycles. The third-order valence-electron chi connectivity index (χ3n) is 1.81. The van der Waals surface area contributed by atoms with E-state index in [9.17, 15) is 0 Å². The zero-order valence-corrected chi connectivity index (χ0v) is 7.41. The molecule has 0 unspecified atom stereocenters. The maximum absolute atomic E-state index is 7.76. The summed E-state index contributed by atoms with van der Waals surface area (Å²) in [5.41, 5.74) is -0.156. The van der Waals surface area contributed by atoms with Gasteiger partial charge in [0.1, 0.15) is 0 Å². The summed E-state index contributed by atoms with van der Waals surface area (Å²) in [7, 11) is 0. The molecule has 0 bridgehead atoms. The summed E-state index contributed by atoms with van der Waals surface area (Å²) in [6.07, 6.45) is 0.186. The monoisotopic (exact) mass is 145 g/mol. The van der Waals surface area contributed by atoms with Crippen LogP contribution in [0.25, 0.3) is 0 Å². The van der Waals surface area contributed by atoms with Crippen molar-refractivity contribution in [1.82, 2.24) is 5.32 Å². The van der Waals surface area contributed by atoms with Crippen LogP contribution in [-0.4, -0.2) is 11.1 Å². The molecule has 1 rings (SSSR count). The van der Waals surface area contributed by atoms with E-state index in [0.29, 0.717) is 12.8 Å². The summed E-state index contributed by atoms with van der Waals surface area (Å²) in [4.78, 5) is 0. The van der Waals surface area contributed by atoms with Crippen molar-refractivity contribution >= 4 is 0 Å². The van der Waals surface area contributed by atoms with E-state index >= 15 is 0 Å². The average Bonchev–Trinajstić information content (AvgIpc) is 1.44. The lowest BCUT2D eigenvalue weighted by molar-refractivity contribution is 0.183. The second kappa shape index (κ2) is 2.23. The van der Waals surface area contributed by atoms with Crippen molar-refractivity contribution in [2.45, 2.75) is 58.0 Å². The van der Waals surface area contributed by atoms with E-state index in [1.807, 2.05) is 0 Å². The van der Waals surface area contributed by atoms with Crippen molar-refractivity contribution in [2.24, 2.45) is 0 Å². The number of hydrogen-bond donors (Lipinski definition) is 1. The van der Waals surface area contributed by atoms with E-state index in [2.05, 4.69) is 33.0 Å². The van der Waals surface area contributed by atoms with Crippen molar-refractivity contribution in [2.75, 3.05) is 0 Å². The van der Waals surface area contributed by atoms with Gasteiger partial charge in [-0.25, -0.2) is 0 Å². The lowest BCUT2D eigenvalue weighted by Crippen LogP contribution is -2.55. The molecule has 10 heavy (non-hydrogen) atoms. The first kappa shape index (κ1) is 5.59. The minimum absolute atomic E-state index is 0.0781. The van der Waals surface area contributed by atoms with Gasteiger partial charge in [-0.3, -0.25) is 0 Å². The molecule has 0 aliphatic carbocycles. The van der Waals surface area contributed by atoms with Gasteiger partial charge in [-0.05, 0) is 46.9 Å². The van der Waals surface area contributed by atoms with Gasteiger partial charge in [0, 0.05) is 13.8 Å². The molecule has 0 spiro atoms. The minimum Gasteiger partial charge on any atom is -0.307 e. The Kier molecular flexibility index (Phi) is 1.25. The molecule has 1 heterocycles. The van der Waals surface area contributed by atoms with Crippen molar-refractivity contribution < 1.29 is 2.74 Å². The van der Waals surface area contributed by atoms with E-state index in [1.165, 1.54) is 0 Å². The minimum atomic E-state index is -1.02. The fourth-order valence-corrected chi connectivity index (χ4v) is 1.69. The summed E-state index contributed by atoms with van der Waals surface area (Å²) in [6, 6.07) is 0. The molecular weight excluding hydrogens is 122 g/mol. The Morgan fingerprint density at radius 1 is 1.10 bits per heavy atom. The fourth-order valence-electron chi connectivity index (χ4n) is 1.69. The molecule has 1 fully saturated rings. The second-order valence-electron chi connectivity index (χ2n) is 4.50. The Balaban J connectivity index is 2.81. The molecule has 0 amide bonds. The van der Waals surface area contributed by atoms with Gasteiger partial charge in [0.25, 0.3) is 0 Å². The first-order chi connectivity index (χ1) is 5.12. The number of rotatable bonds is 0. The average molecular weight is 145 g/mol. The van der Waals surface area contributed by atoms with Crippen molar-refractivity contribution in [1.29, 1.82) is 0 Å². The first-order valence-electron chi connectivity index (χ1n) is 4.91. The lowest BCUT2D eigenvalue weighted by Gasteiger charge is -2.42. The molecule has 1 aliphatic rings. The Morgan fingerprint density at radius 3 is 1.80 bits per heavy atom. The lowest BCUT2D eigenvalue weighted by atomic mass is 9.83. The Bertz CT molecular complexity index is 140. The van der Waals surface area contributed by atoms with Crippen LogP contribution in [0.2, 0.25) is 0 Å². The standard InChI is InChI=1S/C9H19N/c1-8(2)6-5-7-9(3,4)10-8/h10H,5-7H2,1-4H3/i5T2. The summed E-state index contributed by atoms with van der Waals surface area (Å²) in [5, 5.41) is 3.45. The SMILES string of the molecule is [3H]C1([3H])CC(C)(C)NC(C)(C)C1. The normalized spacial score (nSPS) is 38.0. The van der Waals surface area contributed by atoms with Gasteiger partial charge in [0.15, 0.2) is 0 Å². The van der Waals surface area contributed by atoms with E-state index in [-0.39, 0.29) is 11.1 Å². The van der Waals surface area contributed by atoms with Crippen LogP contribution in [-0.2, 0) is 0 Å². The zero-order chi connectivity index (χ0) is 9.62. The highest BCUT2D eigenvalue weighted by Crippen LogP contribution is 2.27. The zero-order valence-electron chi connectivity index (χ0n) is 9.41. The van der Waals surface area contributed by atoms with Crippen LogP contribution in [0, 0.1) is 0 Å². The van der Waals surface area contributed by atoms with Crippen LogP contribution in [0.4, 0.5) is 0 Å². The molecule has 1 nitrogen and oxygen atoms in total. The van der Waals surface area contributed by atoms with Crippen molar-refractivity contribution in [3.05, 3.63) is 0 Å². The van der Waals surface area contributed by atoms with E-state index in [1.54, 1.807) is 0 Å². The number of piperidine rings is 1. The van der Waals surface area contributed by atoms with E-state index in [4.69, 9.17) is 2.74 Å². The Labute approximate surface area is 67.0 Å². The third-order valence-corrected chi connectivity index (χ3v) is 1.81. The van der Waals surface area contributed by atoms with E-state index in [0.717, 1.165) is 0 Å². The van der Waals surface area contributed by atoms with Crippen LogP contribution >= 0.6 is 0 Å². The van der Waals surface area contributed by atoms with Gasteiger partial charge >= 0.3 is 0 Å². The first-order valence-corrected chi connectivity index (χ1v) is 3.91. The highest BCUT2D eigenvalue weighted by Gasteiger charge is 2.31. The van der Waals surface area contributed by atoms with Crippen molar-refractivity contribution in [3.8, 4) is 0 Å². The maximum Gasteiger partial charge on any atom is 0.0268 e. The molecule has 0 aromatic rings. The van der Waals surface area contributed by atoms with Crippen molar-refractivity contribution in [3.63, 3.8) is 0 Å². The molecule has 60 valence electrons. The quantitative estimate of drug-likeness (QED) is 0.551. The third kappa shape index (κ3) is 1.98. The van der Waals surface area contributed by atoms with E-state index < -0.39 is 6.37 Å². The molecule has 0 aromatic carbocycles. The van der Waals surface area contributed by atoms with Crippen LogP contribution in [0.15, 0.2) is 0 Å². The molecule has 0 aromatic heterocycles. The summed E-state index contributed by atoms with van der Waals surface area (Å²) >= 11 is 0. The Morgan fingerprint density at radius 2 is 1.50 bits per heavy atom. The highest BCUT2D eigenvalue weighted by molar-refractivity contribution is 4.92. The van der Waals surface area contributed by atoms with Crippen LogP contribution in [0.3, 0.4) is 0 Å². The topological polar surface area (TPSA) is 12.0 Å². The fraction of sp³-hybridized carbons (Fsp3) is 1.00. The summed E-state index contributed by atoms with van der Waals surface area (Å²) in [5.74, 6) is 0. The second-order valence-corrected chi connectivity index (χ2v) is 4.50. The van der Waals surface area contributed by atoms with Gasteiger partial charge in [0.2, 0.25) is 0 Å². The Hall–Kier alpha value is -0.0400. The number of nitrogens with one attached hydrogen (secondary N) is 1. The predicted molar refractivity (Wildman–Crippen MR) is 45.1 cm³/mol. The smallest absolute Gasteiger partial charge is 0.0268 e. The molecule has 0 radical (unpaired) electrons. The molecular formula is C9H19N. The summed E-state index contributed by atoms with van der Waals surface area (Å²) in [6.45, 7) is 8.24. The van der Waals surface area contributed by atoms with Gasteiger partial charge in [-0.2, -0.15) is 0 Å². The predicted octanol–water partition coefficient (Wildman–Crippen LogP) is 2.32. The van der Waals surface area contributed by atoms with Gasteiger partial charge in [-0.1, -0.05) is 0 Å². The van der Waals surface area contributed by atoms with Gasteiger partial charge in [-0.15, -0.1) is 0 Å². The van der Waals surface area contributed by atoms with Crippen LogP contribution in [0.1, 0.15) is 49.7 Å². The molecule has 1 heteroatoms. The molecule has 1 N–H and O–H groups in total. The highest BCUT2D eigenvalue weighted by atomic mass is 15.0. The molecule has 1 saturated heterocycles. The molecule has 0 saturated carbocycles. The summed E-state index contributed by atoms with van der Waals surface area (Å²) < 4.78 is 15.5. The maximum atomic E-state index is 7.76. The number of hydrogen-bond acceptors (Lipinski definition) is 1.